The van der Waals surface area contributed by atoms with Crippen molar-refractivity contribution >= 4 is 16.7 Å². The summed E-state index contributed by atoms with van der Waals surface area (Å²) in [6, 6.07) is 12.5. The largest absolute Gasteiger partial charge is 0.340 e. The Morgan fingerprint density at radius 1 is 1.05 bits per heavy atom. The Hall–Kier alpha value is -2.49. The Morgan fingerprint density at radius 3 is 2.67 bits per heavy atom. The molecular formula is C17H13F2NO. The normalized spacial score (nSPS) is 11.0. The molecule has 21 heavy (non-hydrogen) atoms. The fourth-order valence-electron chi connectivity index (χ4n) is 2.40. The van der Waals surface area contributed by atoms with E-state index in [0.717, 1.165) is 5.39 Å². The fourth-order valence-corrected chi connectivity index (χ4v) is 2.40. The average Bonchev–Trinajstić information content (AvgIpc) is 2.84. The van der Waals surface area contributed by atoms with E-state index in [1.54, 1.807) is 35.0 Å². The molecule has 2 nitrogen and oxygen atoms in total. The van der Waals surface area contributed by atoms with Gasteiger partial charge in [-0.3, -0.25) is 4.79 Å². The van der Waals surface area contributed by atoms with E-state index >= 15 is 0 Å². The fraction of sp³-hybridized carbons (Fsp3) is 0.118. The number of ketones is 1. The zero-order valence-corrected chi connectivity index (χ0v) is 11.2. The van der Waals surface area contributed by atoms with E-state index in [0.29, 0.717) is 11.1 Å². The summed E-state index contributed by atoms with van der Waals surface area (Å²) < 4.78 is 28.5. The SMILES string of the molecule is O=C(Cc1ccccc1F)Cn1ccc2ccc(F)cc21. The summed E-state index contributed by atoms with van der Waals surface area (Å²) >= 11 is 0. The highest BCUT2D eigenvalue weighted by molar-refractivity contribution is 5.85. The zero-order chi connectivity index (χ0) is 14.8. The van der Waals surface area contributed by atoms with Gasteiger partial charge >= 0.3 is 0 Å². The van der Waals surface area contributed by atoms with Crippen molar-refractivity contribution in [1.82, 2.24) is 4.57 Å². The Labute approximate surface area is 120 Å². The van der Waals surface area contributed by atoms with E-state index < -0.39 is 0 Å². The second kappa shape index (κ2) is 5.48. The first-order chi connectivity index (χ1) is 10.1. The minimum absolute atomic E-state index is 0.0294. The van der Waals surface area contributed by atoms with Crippen LogP contribution in [0.4, 0.5) is 8.78 Å². The maximum absolute atomic E-state index is 13.5. The van der Waals surface area contributed by atoms with Gasteiger partial charge in [0.2, 0.25) is 0 Å². The van der Waals surface area contributed by atoms with Gasteiger partial charge in [0.05, 0.1) is 12.1 Å². The van der Waals surface area contributed by atoms with E-state index in [4.69, 9.17) is 0 Å². The van der Waals surface area contributed by atoms with Gasteiger partial charge in [0.1, 0.15) is 11.6 Å². The lowest BCUT2D eigenvalue weighted by molar-refractivity contribution is -0.118. The first-order valence-corrected chi connectivity index (χ1v) is 6.63. The molecule has 2 aromatic carbocycles. The zero-order valence-electron chi connectivity index (χ0n) is 11.2. The molecule has 0 saturated heterocycles. The van der Waals surface area contributed by atoms with Gasteiger partial charge in [-0.15, -0.1) is 0 Å². The van der Waals surface area contributed by atoms with E-state index in [-0.39, 0.29) is 30.4 Å². The van der Waals surface area contributed by atoms with Crippen LogP contribution in [0, 0.1) is 11.6 Å². The van der Waals surface area contributed by atoms with Crippen molar-refractivity contribution in [3.05, 3.63) is 71.9 Å². The molecule has 4 heteroatoms. The van der Waals surface area contributed by atoms with Crippen LogP contribution in [-0.2, 0) is 17.8 Å². The van der Waals surface area contributed by atoms with Gasteiger partial charge in [0.25, 0.3) is 0 Å². The summed E-state index contributed by atoms with van der Waals surface area (Å²) in [5, 5.41) is 0.870. The molecule has 0 N–H and O–H groups in total. The quantitative estimate of drug-likeness (QED) is 0.716. The van der Waals surface area contributed by atoms with E-state index in [9.17, 15) is 13.6 Å². The van der Waals surface area contributed by atoms with Gasteiger partial charge in [-0.25, -0.2) is 8.78 Å². The third-order valence-electron chi connectivity index (χ3n) is 3.43. The summed E-state index contributed by atoms with van der Waals surface area (Å²) in [6.45, 7) is 0.0985. The lowest BCUT2D eigenvalue weighted by Gasteiger charge is -2.06. The number of Topliss-reactive ketones (excluding diaryl/α,β-unsaturated/α-hetero) is 1. The van der Waals surface area contributed by atoms with Gasteiger partial charge in [-0.05, 0) is 41.3 Å². The Balaban J connectivity index is 1.80. The number of hydrogen-bond acceptors (Lipinski definition) is 1. The molecule has 1 heterocycles. The van der Waals surface area contributed by atoms with Gasteiger partial charge in [-0.1, -0.05) is 18.2 Å². The number of hydrogen-bond donors (Lipinski definition) is 0. The number of fused-ring (bicyclic) bond motifs is 1. The molecule has 0 aliphatic heterocycles. The van der Waals surface area contributed by atoms with Crippen LogP contribution in [0.2, 0.25) is 0 Å². The standard InChI is InChI=1S/C17H13F2NO/c18-14-6-5-12-7-8-20(17(12)10-14)11-15(21)9-13-3-1-2-4-16(13)19/h1-8,10H,9,11H2. The maximum Gasteiger partial charge on any atom is 0.156 e. The molecule has 0 aliphatic carbocycles. The van der Waals surface area contributed by atoms with Crippen molar-refractivity contribution in [1.29, 1.82) is 0 Å². The summed E-state index contributed by atoms with van der Waals surface area (Å²) in [6.07, 6.45) is 1.77. The Bertz CT molecular complexity index is 807. The summed E-state index contributed by atoms with van der Waals surface area (Å²) in [5.41, 5.74) is 1.04. The van der Waals surface area contributed by atoms with Crippen molar-refractivity contribution in [3.63, 3.8) is 0 Å². The van der Waals surface area contributed by atoms with Crippen LogP contribution in [0.3, 0.4) is 0 Å². The summed E-state index contributed by atoms with van der Waals surface area (Å²) in [4.78, 5) is 12.1. The van der Waals surface area contributed by atoms with Gasteiger partial charge < -0.3 is 4.57 Å². The monoisotopic (exact) mass is 285 g/mol. The number of rotatable bonds is 4. The van der Waals surface area contributed by atoms with Crippen molar-refractivity contribution < 1.29 is 13.6 Å². The van der Waals surface area contributed by atoms with E-state index in [1.807, 2.05) is 6.07 Å². The second-order valence-electron chi connectivity index (χ2n) is 4.95. The molecule has 3 rings (SSSR count). The molecule has 0 atom stereocenters. The molecule has 3 aromatic rings. The van der Waals surface area contributed by atoms with E-state index in [1.165, 1.54) is 18.2 Å². The van der Waals surface area contributed by atoms with Crippen LogP contribution in [0.15, 0.2) is 54.7 Å². The molecule has 1 aromatic heterocycles. The lowest BCUT2D eigenvalue weighted by Crippen LogP contribution is -2.12. The molecule has 0 radical (unpaired) electrons. The smallest absolute Gasteiger partial charge is 0.156 e. The van der Waals surface area contributed by atoms with Crippen LogP contribution in [0.5, 0.6) is 0 Å². The number of aromatic nitrogens is 1. The van der Waals surface area contributed by atoms with Crippen molar-refractivity contribution in [2.75, 3.05) is 0 Å². The first-order valence-electron chi connectivity index (χ1n) is 6.63. The Kier molecular flexibility index (Phi) is 3.52. The molecular weight excluding hydrogens is 272 g/mol. The lowest BCUT2D eigenvalue weighted by atomic mass is 10.1. The number of benzene rings is 2. The predicted molar refractivity (Wildman–Crippen MR) is 77.0 cm³/mol. The molecule has 0 amide bonds. The van der Waals surface area contributed by atoms with Crippen molar-refractivity contribution in [2.45, 2.75) is 13.0 Å². The number of halogens is 2. The molecule has 0 aliphatic rings. The third-order valence-corrected chi connectivity index (χ3v) is 3.43. The maximum atomic E-state index is 13.5. The van der Waals surface area contributed by atoms with Crippen LogP contribution < -0.4 is 0 Å². The minimum atomic E-state index is -0.380. The molecule has 0 unspecified atom stereocenters. The second-order valence-corrected chi connectivity index (χ2v) is 4.95. The molecule has 106 valence electrons. The van der Waals surface area contributed by atoms with Gasteiger partial charge in [0.15, 0.2) is 5.78 Å². The van der Waals surface area contributed by atoms with Crippen molar-refractivity contribution in [2.24, 2.45) is 0 Å². The highest BCUT2D eigenvalue weighted by Gasteiger charge is 2.10. The number of carbonyl (C=O) groups is 1. The summed E-state index contributed by atoms with van der Waals surface area (Å²) in [7, 11) is 0. The predicted octanol–water partition coefficient (Wildman–Crippen LogP) is 3.73. The van der Waals surface area contributed by atoms with Gasteiger partial charge in [0, 0.05) is 12.6 Å². The molecule has 0 spiro atoms. The van der Waals surface area contributed by atoms with Crippen LogP contribution in [0.1, 0.15) is 5.56 Å². The first kappa shape index (κ1) is 13.5. The van der Waals surface area contributed by atoms with Crippen LogP contribution in [-0.4, -0.2) is 10.4 Å². The average molecular weight is 285 g/mol. The van der Waals surface area contributed by atoms with Crippen LogP contribution >= 0.6 is 0 Å². The molecule has 0 fully saturated rings. The number of nitrogens with zero attached hydrogens (tertiary/aromatic N) is 1. The molecule has 0 bridgehead atoms. The van der Waals surface area contributed by atoms with Crippen molar-refractivity contribution in [3.8, 4) is 0 Å². The number of carbonyl (C=O) groups excluding carboxylic acids is 1. The minimum Gasteiger partial charge on any atom is -0.340 e. The van der Waals surface area contributed by atoms with Crippen LogP contribution in [0.25, 0.3) is 10.9 Å². The topological polar surface area (TPSA) is 22.0 Å². The highest BCUT2D eigenvalue weighted by Crippen LogP contribution is 2.17. The van der Waals surface area contributed by atoms with E-state index in [2.05, 4.69) is 0 Å². The molecule has 0 saturated carbocycles. The van der Waals surface area contributed by atoms with Gasteiger partial charge in [-0.2, -0.15) is 0 Å². The third kappa shape index (κ3) is 2.84. The Morgan fingerprint density at radius 2 is 1.86 bits per heavy atom. The highest BCUT2D eigenvalue weighted by atomic mass is 19.1. The summed E-state index contributed by atoms with van der Waals surface area (Å²) in [5.74, 6) is -0.847.